The smallest absolute Gasteiger partial charge is 0.375 e. The van der Waals surface area contributed by atoms with E-state index in [0.717, 1.165) is 5.57 Å². The van der Waals surface area contributed by atoms with Gasteiger partial charge in [-0.05, 0) is 55.2 Å². The van der Waals surface area contributed by atoms with Gasteiger partial charge in [-0.15, -0.1) is 0 Å². The number of carbonyl (C=O) groups is 2. The van der Waals surface area contributed by atoms with E-state index >= 15 is 0 Å². The number of phenols is 2. The van der Waals surface area contributed by atoms with Gasteiger partial charge in [-0.3, -0.25) is 10.2 Å². The highest BCUT2D eigenvalue weighted by atomic mass is 16.6. The molecular formula is C23H24N2O6. The number of aliphatic hydroxyl groups is 1. The molecule has 3 rings (SSSR count). The van der Waals surface area contributed by atoms with Crippen molar-refractivity contribution < 1.29 is 29.6 Å². The molecule has 6 N–H and O–H groups in total. The van der Waals surface area contributed by atoms with Crippen molar-refractivity contribution in [3.05, 3.63) is 76.6 Å². The van der Waals surface area contributed by atoms with Crippen LogP contribution in [0.2, 0.25) is 0 Å². The molecule has 1 atom stereocenters. The molecule has 1 aliphatic rings. The van der Waals surface area contributed by atoms with Crippen molar-refractivity contribution in [1.29, 1.82) is 0 Å². The summed E-state index contributed by atoms with van der Waals surface area (Å²) in [6.07, 6.45) is 2.29. The monoisotopic (exact) mass is 424 g/mol. The van der Waals surface area contributed by atoms with Crippen molar-refractivity contribution in [2.45, 2.75) is 32.3 Å². The van der Waals surface area contributed by atoms with E-state index in [1.807, 2.05) is 25.3 Å². The van der Waals surface area contributed by atoms with Crippen LogP contribution in [0.4, 0.5) is 0 Å². The number of nitrogens with one attached hydrogen (secondary N) is 1. The first kappa shape index (κ1) is 21.9. The Morgan fingerprint density at radius 2 is 1.81 bits per heavy atom. The Kier molecular flexibility index (Phi) is 6.03. The summed E-state index contributed by atoms with van der Waals surface area (Å²) in [5.74, 6) is 2.87. The number of carbonyl (C=O) groups excluding carboxylic acids is 2. The quantitative estimate of drug-likeness (QED) is 0.158. The molecule has 2 aromatic rings. The molecule has 0 bridgehead atoms. The molecule has 0 aliphatic carbocycles. The zero-order valence-corrected chi connectivity index (χ0v) is 17.2. The number of phenolic OH excluding ortho intramolecular Hbond substituents is 2. The van der Waals surface area contributed by atoms with Gasteiger partial charge in [-0.25, -0.2) is 10.6 Å². The Hall–Kier alpha value is -3.78. The number of esters is 1. The third kappa shape index (κ3) is 4.24. The highest BCUT2D eigenvalue weighted by Gasteiger charge is 2.54. The number of aliphatic hydroxyl groups excluding tert-OH is 1. The second kappa shape index (κ2) is 8.53. The van der Waals surface area contributed by atoms with E-state index in [-0.39, 0.29) is 23.5 Å². The number of allylic oxidation sites excluding steroid dienone is 2. The lowest BCUT2D eigenvalue weighted by molar-refractivity contribution is -0.157. The first-order chi connectivity index (χ1) is 14.7. The minimum absolute atomic E-state index is 0.0228. The molecule has 0 aromatic heterocycles. The molecule has 0 fully saturated rings. The van der Waals surface area contributed by atoms with Crippen molar-refractivity contribution in [1.82, 2.24) is 5.43 Å². The van der Waals surface area contributed by atoms with Crippen LogP contribution in [0, 0.1) is 0 Å². The maximum atomic E-state index is 12.9. The number of aromatic hydroxyl groups is 2. The number of hydrogen-bond donors (Lipinski definition) is 5. The molecule has 0 radical (unpaired) electrons. The SMILES string of the molecule is CC(C)=CCc1cc(CC2(C(=O)NN)OC(=O)C(O)=C2c2ccc(O)cc2)ccc1O. The number of cyclic esters (lactones) is 1. The lowest BCUT2D eigenvalue weighted by Crippen LogP contribution is -2.52. The van der Waals surface area contributed by atoms with E-state index < -0.39 is 23.2 Å². The van der Waals surface area contributed by atoms with E-state index in [0.29, 0.717) is 23.1 Å². The summed E-state index contributed by atoms with van der Waals surface area (Å²) >= 11 is 0. The van der Waals surface area contributed by atoms with Gasteiger partial charge in [0.15, 0.2) is 0 Å². The molecule has 1 heterocycles. The fourth-order valence-electron chi connectivity index (χ4n) is 3.54. The zero-order valence-electron chi connectivity index (χ0n) is 17.2. The van der Waals surface area contributed by atoms with Gasteiger partial charge in [0.1, 0.15) is 11.5 Å². The lowest BCUT2D eigenvalue weighted by atomic mass is 9.82. The summed E-state index contributed by atoms with van der Waals surface area (Å²) < 4.78 is 5.39. The summed E-state index contributed by atoms with van der Waals surface area (Å²) in [5.41, 5.74) is 2.63. The topological polar surface area (TPSA) is 142 Å². The van der Waals surface area contributed by atoms with Crippen molar-refractivity contribution >= 4 is 17.4 Å². The maximum Gasteiger partial charge on any atom is 0.375 e. The van der Waals surface area contributed by atoms with Crippen LogP contribution in [-0.4, -0.2) is 32.8 Å². The predicted octanol–water partition coefficient (Wildman–Crippen LogP) is 2.40. The minimum Gasteiger partial charge on any atom is -0.508 e. The Labute approximate surface area is 179 Å². The molecule has 1 aliphatic heterocycles. The fourth-order valence-corrected chi connectivity index (χ4v) is 3.54. The van der Waals surface area contributed by atoms with E-state index in [4.69, 9.17) is 10.6 Å². The van der Waals surface area contributed by atoms with Gasteiger partial charge in [0.2, 0.25) is 11.4 Å². The van der Waals surface area contributed by atoms with Crippen molar-refractivity contribution in [3.63, 3.8) is 0 Å². The van der Waals surface area contributed by atoms with Gasteiger partial charge in [0, 0.05) is 6.42 Å². The van der Waals surface area contributed by atoms with Crippen LogP contribution >= 0.6 is 0 Å². The Balaban J connectivity index is 2.11. The van der Waals surface area contributed by atoms with E-state index in [1.54, 1.807) is 12.1 Å². The Bertz CT molecular complexity index is 1080. The third-order valence-electron chi connectivity index (χ3n) is 5.08. The van der Waals surface area contributed by atoms with Gasteiger partial charge in [0.25, 0.3) is 5.91 Å². The summed E-state index contributed by atoms with van der Waals surface area (Å²) in [4.78, 5) is 25.2. The van der Waals surface area contributed by atoms with Crippen LogP contribution in [-0.2, 0) is 27.2 Å². The van der Waals surface area contributed by atoms with Crippen LogP contribution in [0.1, 0.15) is 30.5 Å². The third-order valence-corrected chi connectivity index (χ3v) is 5.08. The van der Waals surface area contributed by atoms with Crippen LogP contribution in [0.15, 0.2) is 59.9 Å². The molecule has 31 heavy (non-hydrogen) atoms. The second-order valence-corrected chi connectivity index (χ2v) is 7.59. The van der Waals surface area contributed by atoms with Gasteiger partial charge >= 0.3 is 5.97 Å². The first-order valence-corrected chi connectivity index (χ1v) is 9.59. The van der Waals surface area contributed by atoms with Gasteiger partial charge in [-0.2, -0.15) is 0 Å². The zero-order chi connectivity index (χ0) is 22.8. The summed E-state index contributed by atoms with van der Waals surface area (Å²) in [6.45, 7) is 3.88. The van der Waals surface area contributed by atoms with Gasteiger partial charge < -0.3 is 20.1 Å². The fraction of sp³-hybridized carbons (Fsp3) is 0.217. The Morgan fingerprint density at radius 3 is 2.42 bits per heavy atom. The standard InChI is InChI=1S/C23H24N2O6/c1-13(2)3-5-16-11-14(4-10-18(16)27)12-23(22(30)25-24)19(20(28)21(29)31-23)15-6-8-17(26)9-7-15/h3-4,6-11,26-28H,5,12,24H2,1-2H3,(H,25,30). The van der Waals surface area contributed by atoms with E-state index in [2.05, 4.69) is 0 Å². The molecular weight excluding hydrogens is 400 g/mol. The average molecular weight is 424 g/mol. The van der Waals surface area contributed by atoms with Crippen molar-refractivity contribution in [3.8, 4) is 11.5 Å². The van der Waals surface area contributed by atoms with Gasteiger partial charge in [-0.1, -0.05) is 35.9 Å². The molecule has 1 unspecified atom stereocenters. The minimum atomic E-state index is -1.93. The lowest BCUT2D eigenvalue weighted by Gasteiger charge is -2.29. The summed E-state index contributed by atoms with van der Waals surface area (Å²) in [5, 5.41) is 30.2. The largest absolute Gasteiger partial charge is 0.508 e. The van der Waals surface area contributed by atoms with E-state index in [9.17, 15) is 24.9 Å². The number of hydrogen-bond acceptors (Lipinski definition) is 7. The molecule has 0 saturated heterocycles. The Morgan fingerprint density at radius 1 is 1.13 bits per heavy atom. The molecule has 0 saturated carbocycles. The van der Waals surface area contributed by atoms with Crippen LogP contribution < -0.4 is 11.3 Å². The average Bonchev–Trinajstić information content (AvgIpc) is 2.99. The molecule has 2 aromatic carbocycles. The van der Waals surface area contributed by atoms with Gasteiger partial charge in [0.05, 0.1) is 5.57 Å². The number of ether oxygens (including phenoxy) is 1. The maximum absolute atomic E-state index is 12.9. The molecule has 8 heteroatoms. The summed E-state index contributed by atoms with van der Waals surface area (Å²) in [6, 6.07) is 10.4. The summed E-state index contributed by atoms with van der Waals surface area (Å²) in [7, 11) is 0. The molecule has 0 spiro atoms. The normalized spacial score (nSPS) is 18.0. The van der Waals surface area contributed by atoms with Crippen LogP contribution in [0.25, 0.3) is 5.57 Å². The molecule has 1 amide bonds. The number of benzene rings is 2. The second-order valence-electron chi connectivity index (χ2n) is 7.59. The van der Waals surface area contributed by atoms with E-state index in [1.165, 1.54) is 30.3 Å². The number of rotatable bonds is 6. The number of amides is 1. The molecule has 8 nitrogen and oxygen atoms in total. The predicted molar refractivity (Wildman–Crippen MR) is 114 cm³/mol. The highest BCUT2D eigenvalue weighted by Crippen LogP contribution is 2.42. The first-order valence-electron chi connectivity index (χ1n) is 9.59. The van der Waals surface area contributed by atoms with Crippen molar-refractivity contribution in [2.24, 2.45) is 5.84 Å². The molecule has 162 valence electrons. The highest BCUT2D eigenvalue weighted by molar-refractivity contribution is 6.12. The van der Waals surface area contributed by atoms with Crippen LogP contribution in [0.3, 0.4) is 0 Å². The number of nitrogens with two attached hydrogens (primary N) is 1. The number of hydrazine groups is 1. The van der Waals surface area contributed by atoms with Crippen LogP contribution in [0.5, 0.6) is 11.5 Å². The van der Waals surface area contributed by atoms with Crippen molar-refractivity contribution in [2.75, 3.05) is 0 Å².